The summed E-state index contributed by atoms with van der Waals surface area (Å²) < 4.78 is 17.4. The molecule has 84 valence electrons. The first-order chi connectivity index (χ1) is 7.56. The van der Waals surface area contributed by atoms with E-state index in [0.717, 1.165) is 18.2 Å². The molecule has 5 nitrogen and oxygen atoms in total. The molecule has 1 aromatic rings. The first-order valence-electron chi connectivity index (χ1n) is 4.28. The van der Waals surface area contributed by atoms with Crippen LogP contribution in [0.1, 0.15) is 10.4 Å². The smallest absolute Gasteiger partial charge is 0.345 e. The van der Waals surface area contributed by atoms with Gasteiger partial charge in [0.1, 0.15) is 18.0 Å². The van der Waals surface area contributed by atoms with Gasteiger partial charge in [-0.05, 0) is 12.1 Å². The van der Waals surface area contributed by atoms with Gasteiger partial charge in [0.25, 0.3) is 5.69 Å². The summed E-state index contributed by atoms with van der Waals surface area (Å²) in [7, 11) is 0. The van der Waals surface area contributed by atoms with Crippen molar-refractivity contribution < 1.29 is 18.8 Å². The zero-order valence-corrected chi connectivity index (χ0v) is 8.18. The van der Waals surface area contributed by atoms with Crippen molar-refractivity contribution in [2.45, 2.75) is 0 Å². The van der Waals surface area contributed by atoms with E-state index in [0.29, 0.717) is 0 Å². The van der Waals surface area contributed by atoms with Gasteiger partial charge in [-0.15, -0.1) is 0 Å². The third kappa shape index (κ3) is 2.63. The molecule has 1 aromatic carbocycles. The van der Waals surface area contributed by atoms with Gasteiger partial charge in [-0.3, -0.25) is 10.1 Å². The maximum absolute atomic E-state index is 12.8. The Labute approximate surface area is 90.3 Å². The van der Waals surface area contributed by atoms with Crippen LogP contribution in [0.25, 0.3) is 0 Å². The zero-order chi connectivity index (χ0) is 12.1. The fraction of sp³-hybridized carbons (Fsp3) is 0.100. The van der Waals surface area contributed by atoms with Crippen molar-refractivity contribution in [1.82, 2.24) is 0 Å². The molecular weight excluding hydrogens is 217 g/mol. The van der Waals surface area contributed by atoms with E-state index >= 15 is 0 Å². The normalized spacial score (nSPS) is 9.56. The molecule has 0 radical (unpaired) electrons. The predicted octanol–water partition coefficient (Wildman–Crippen LogP) is 2.08. The number of halogens is 1. The number of esters is 1. The fourth-order valence-electron chi connectivity index (χ4n) is 1.04. The van der Waals surface area contributed by atoms with E-state index in [4.69, 9.17) is 0 Å². The Morgan fingerprint density at radius 3 is 2.88 bits per heavy atom. The highest BCUT2D eigenvalue weighted by Crippen LogP contribution is 2.20. The van der Waals surface area contributed by atoms with Crippen LogP contribution in [0, 0.1) is 15.9 Å². The second kappa shape index (κ2) is 5.01. The number of nitro groups is 1. The summed E-state index contributed by atoms with van der Waals surface area (Å²) in [6, 6.07) is 2.59. The molecule has 6 heteroatoms. The molecule has 0 saturated heterocycles. The Balaban J connectivity index is 3.09. The molecule has 0 fully saturated rings. The molecule has 0 atom stereocenters. The van der Waals surface area contributed by atoms with Crippen LogP contribution in [0.4, 0.5) is 10.1 Å². The molecule has 1 rings (SSSR count). The van der Waals surface area contributed by atoms with E-state index < -0.39 is 28.0 Å². The molecule has 0 saturated carbocycles. The van der Waals surface area contributed by atoms with Crippen molar-refractivity contribution in [3.63, 3.8) is 0 Å². The van der Waals surface area contributed by atoms with Gasteiger partial charge in [-0.25, -0.2) is 9.18 Å². The molecule has 0 unspecified atom stereocenters. The Bertz CT molecular complexity index is 444. The van der Waals surface area contributed by atoms with E-state index in [1.807, 2.05) is 0 Å². The van der Waals surface area contributed by atoms with E-state index in [9.17, 15) is 19.3 Å². The number of carbonyl (C=O) groups excluding carboxylic acids is 1. The minimum absolute atomic E-state index is 0.0908. The lowest BCUT2D eigenvalue weighted by Gasteiger charge is -2.02. The maximum Gasteiger partial charge on any atom is 0.345 e. The van der Waals surface area contributed by atoms with Crippen LogP contribution in [0.15, 0.2) is 30.9 Å². The lowest BCUT2D eigenvalue weighted by molar-refractivity contribution is -0.385. The van der Waals surface area contributed by atoms with Crippen molar-refractivity contribution in [1.29, 1.82) is 0 Å². The van der Waals surface area contributed by atoms with Crippen molar-refractivity contribution in [3.05, 3.63) is 52.3 Å². The van der Waals surface area contributed by atoms with E-state index in [-0.39, 0.29) is 6.61 Å². The average molecular weight is 225 g/mol. The number of benzene rings is 1. The highest BCUT2D eigenvalue weighted by atomic mass is 19.1. The summed E-state index contributed by atoms with van der Waals surface area (Å²) in [6.07, 6.45) is 1.31. The van der Waals surface area contributed by atoms with Crippen molar-refractivity contribution in [3.8, 4) is 0 Å². The lowest BCUT2D eigenvalue weighted by Crippen LogP contribution is -2.08. The second-order valence-electron chi connectivity index (χ2n) is 2.81. The Hall–Kier alpha value is -2.24. The van der Waals surface area contributed by atoms with Gasteiger partial charge < -0.3 is 4.74 Å². The quantitative estimate of drug-likeness (QED) is 0.340. The third-order valence-electron chi connectivity index (χ3n) is 1.71. The Morgan fingerprint density at radius 1 is 1.62 bits per heavy atom. The van der Waals surface area contributed by atoms with Crippen LogP contribution in [-0.2, 0) is 4.74 Å². The fourth-order valence-corrected chi connectivity index (χ4v) is 1.04. The van der Waals surface area contributed by atoms with Gasteiger partial charge in [0.2, 0.25) is 0 Å². The molecule has 16 heavy (non-hydrogen) atoms. The summed E-state index contributed by atoms with van der Waals surface area (Å²) in [6.45, 7) is 3.23. The van der Waals surface area contributed by atoms with Crippen molar-refractivity contribution in [2.75, 3.05) is 6.61 Å². The van der Waals surface area contributed by atoms with Crippen LogP contribution in [-0.4, -0.2) is 17.5 Å². The lowest BCUT2D eigenvalue weighted by atomic mass is 10.2. The van der Waals surface area contributed by atoms with Gasteiger partial charge in [0.15, 0.2) is 0 Å². The molecular formula is C10H8FNO4. The minimum Gasteiger partial charge on any atom is -0.458 e. The van der Waals surface area contributed by atoms with Gasteiger partial charge in [-0.2, -0.15) is 0 Å². The number of hydrogen-bond donors (Lipinski definition) is 0. The SMILES string of the molecule is C=CCOC(=O)c1cc(F)ccc1[N+](=O)[O-]. The first kappa shape index (κ1) is 11.8. The zero-order valence-electron chi connectivity index (χ0n) is 8.18. The molecule has 0 spiro atoms. The number of hydrogen-bond acceptors (Lipinski definition) is 4. The third-order valence-corrected chi connectivity index (χ3v) is 1.71. The van der Waals surface area contributed by atoms with Crippen LogP contribution >= 0.6 is 0 Å². The molecule has 0 aliphatic carbocycles. The van der Waals surface area contributed by atoms with Crippen LogP contribution < -0.4 is 0 Å². The van der Waals surface area contributed by atoms with Gasteiger partial charge in [0, 0.05) is 6.07 Å². The average Bonchev–Trinajstić information content (AvgIpc) is 2.25. The molecule has 0 heterocycles. The van der Waals surface area contributed by atoms with Gasteiger partial charge >= 0.3 is 5.97 Å². The highest BCUT2D eigenvalue weighted by Gasteiger charge is 2.21. The number of carbonyl (C=O) groups is 1. The molecule has 0 aromatic heterocycles. The summed E-state index contributed by atoms with van der Waals surface area (Å²) in [5.74, 6) is -1.69. The number of ether oxygens (including phenoxy) is 1. The molecule has 0 N–H and O–H groups in total. The standard InChI is InChI=1S/C10H8FNO4/c1-2-5-16-10(13)8-6-7(11)3-4-9(8)12(14)15/h2-4,6H,1,5H2. The predicted molar refractivity (Wildman–Crippen MR) is 53.5 cm³/mol. The summed E-state index contributed by atoms with van der Waals surface area (Å²) >= 11 is 0. The van der Waals surface area contributed by atoms with Crippen molar-refractivity contribution in [2.24, 2.45) is 0 Å². The topological polar surface area (TPSA) is 69.4 Å². The number of rotatable bonds is 4. The Morgan fingerprint density at radius 2 is 2.31 bits per heavy atom. The maximum atomic E-state index is 12.8. The molecule has 0 aliphatic rings. The molecule has 0 amide bonds. The van der Waals surface area contributed by atoms with E-state index in [1.165, 1.54) is 6.08 Å². The monoisotopic (exact) mass is 225 g/mol. The van der Waals surface area contributed by atoms with E-state index in [2.05, 4.69) is 11.3 Å². The van der Waals surface area contributed by atoms with E-state index in [1.54, 1.807) is 0 Å². The first-order valence-corrected chi connectivity index (χ1v) is 4.28. The van der Waals surface area contributed by atoms with Crippen LogP contribution in [0.3, 0.4) is 0 Å². The summed E-state index contributed by atoms with van der Waals surface area (Å²) in [5, 5.41) is 10.6. The number of nitrogens with zero attached hydrogens (tertiary/aromatic N) is 1. The highest BCUT2D eigenvalue weighted by molar-refractivity contribution is 5.93. The van der Waals surface area contributed by atoms with Crippen molar-refractivity contribution >= 4 is 11.7 Å². The van der Waals surface area contributed by atoms with Crippen LogP contribution in [0.2, 0.25) is 0 Å². The van der Waals surface area contributed by atoms with Crippen LogP contribution in [0.5, 0.6) is 0 Å². The molecule has 0 bridgehead atoms. The van der Waals surface area contributed by atoms with Gasteiger partial charge in [-0.1, -0.05) is 12.7 Å². The number of nitro benzene ring substituents is 1. The Kier molecular flexibility index (Phi) is 3.71. The second-order valence-corrected chi connectivity index (χ2v) is 2.81. The van der Waals surface area contributed by atoms with Gasteiger partial charge in [0.05, 0.1) is 4.92 Å². The molecule has 0 aliphatic heterocycles. The largest absolute Gasteiger partial charge is 0.458 e. The summed E-state index contributed by atoms with van der Waals surface area (Å²) in [4.78, 5) is 21.1. The minimum atomic E-state index is -0.953. The summed E-state index contributed by atoms with van der Waals surface area (Å²) in [5.41, 5.74) is -0.901.